The number of esters is 1. The smallest absolute Gasteiger partial charge is 0.339 e. The predicted molar refractivity (Wildman–Crippen MR) is 117 cm³/mol. The second kappa shape index (κ2) is 8.81. The van der Waals surface area contributed by atoms with Crippen LogP contribution in [0.1, 0.15) is 34.8 Å². The van der Waals surface area contributed by atoms with Gasteiger partial charge in [-0.1, -0.05) is 18.2 Å². The summed E-state index contributed by atoms with van der Waals surface area (Å²) in [5, 5.41) is 0.437. The van der Waals surface area contributed by atoms with E-state index in [1.807, 2.05) is 0 Å². The average molecular weight is 458 g/mol. The van der Waals surface area contributed by atoms with Crippen molar-refractivity contribution in [2.24, 2.45) is 0 Å². The SMILES string of the molecule is Cc1ccc(S(=O)(=O)N2CCOCC2)cc1C(=O)OC(C)c1nc2ccccc2c(=O)[nH]1. The number of aryl methyl sites for hydroxylation is 1. The zero-order chi connectivity index (χ0) is 22.9. The van der Waals surface area contributed by atoms with Gasteiger partial charge in [-0.25, -0.2) is 18.2 Å². The molecule has 1 aliphatic heterocycles. The van der Waals surface area contributed by atoms with Crippen molar-refractivity contribution in [3.8, 4) is 0 Å². The van der Waals surface area contributed by atoms with Gasteiger partial charge < -0.3 is 14.5 Å². The Labute approximate surface area is 185 Å². The molecule has 3 aromatic rings. The lowest BCUT2D eigenvalue weighted by molar-refractivity contribution is 0.0318. The van der Waals surface area contributed by atoms with Crippen molar-refractivity contribution in [3.05, 3.63) is 69.8 Å². The third-order valence-electron chi connectivity index (χ3n) is 5.34. The number of morpholine rings is 1. The molecule has 32 heavy (non-hydrogen) atoms. The molecule has 1 saturated heterocycles. The van der Waals surface area contributed by atoms with Gasteiger partial charge in [0.2, 0.25) is 10.0 Å². The number of sulfonamides is 1. The van der Waals surface area contributed by atoms with E-state index in [9.17, 15) is 18.0 Å². The lowest BCUT2D eigenvalue weighted by atomic mass is 10.1. The molecule has 4 rings (SSSR count). The van der Waals surface area contributed by atoms with Gasteiger partial charge in [0.25, 0.3) is 5.56 Å². The lowest BCUT2D eigenvalue weighted by Gasteiger charge is -2.26. The van der Waals surface area contributed by atoms with Gasteiger partial charge in [0, 0.05) is 13.1 Å². The Morgan fingerprint density at radius 1 is 1.19 bits per heavy atom. The number of hydrogen-bond donors (Lipinski definition) is 1. The molecule has 1 aromatic heterocycles. The molecule has 2 aromatic carbocycles. The molecule has 168 valence electrons. The summed E-state index contributed by atoms with van der Waals surface area (Å²) < 4.78 is 38.0. The van der Waals surface area contributed by atoms with Crippen LogP contribution in [0.25, 0.3) is 10.9 Å². The van der Waals surface area contributed by atoms with Crippen molar-refractivity contribution in [2.45, 2.75) is 24.8 Å². The van der Waals surface area contributed by atoms with Crippen molar-refractivity contribution in [3.63, 3.8) is 0 Å². The summed E-state index contributed by atoms with van der Waals surface area (Å²) in [5.74, 6) is -0.498. The molecule has 0 saturated carbocycles. The minimum Gasteiger partial charge on any atom is -0.451 e. The molecule has 1 unspecified atom stereocenters. The maximum Gasteiger partial charge on any atom is 0.339 e. The Hall–Kier alpha value is -3.08. The van der Waals surface area contributed by atoms with Crippen molar-refractivity contribution < 1.29 is 22.7 Å². The highest BCUT2D eigenvalue weighted by molar-refractivity contribution is 7.89. The van der Waals surface area contributed by atoms with Crippen molar-refractivity contribution in [1.29, 1.82) is 0 Å². The lowest BCUT2D eigenvalue weighted by Crippen LogP contribution is -2.40. The number of hydrogen-bond acceptors (Lipinski definition) is 7. The van der Waals surface area contributed by atoms with E-state index < -0.39 is 22.1 Å². The van der Waals surface area contributed by atoms with Crippen LogP contribution in [0.2, 0.25) is 0 Å². The number of aromatic amines is 1. The first-order valence-electron chi connectivity index (χ1n) is 10.2. The van der Waals surface area contributed by atoms with Crippen LogP contribution >= 0.6 is 0 Å². The molecule has 0 aliphatic carbocycles. The van der Waals surface area contributed by atoms with E-state index in [-0.39, 0.29) is 34.9 Å². The second-order valence-electron chi connectivity index (χ2n) is 7.51. The third-order valence-corrected chi connectivity index (χ3v) is 7.23. The summed E-state index contributed by atoms with van der Waals surface area (Å²) in [6, 6.07) is 11.2. The maximum atomic E-state index is 12.9. The van der Waals surface area contributed by atoms with Crippen molar-refractivity contribution in [1.82, 2.24) is 14.3 Å². The van der Waals surface area contributed by atoms with Crippen molar-refractivity contribution in [2.75, 3.05) is 26.3 Å². The Kier molecular flexibility index (Phi) is 6.09. The molecular weight excluding hydrogens is 434 g/mol. The van der Waals surface area contributed by atoms with Crippen LogP contribution in [0.5, 0.6) is 0 Å². The van der Waals surface area contributed by atoms with Gasteiger partial charge >= 0.3 is 5.97 Å². The van der Waals surface area contributed by atoms with E-state index >= 15 is 0 Å². The third kappa shape index (κ3) is 4.29. The monoisotopic (exact) mass is 457 g/mol. The van der Waals surface area contributed by atoms with Gasteiger partial charge in [-0.2, -0.15) is 4.31 Å². The van der Waals surface area contributed by atoms with Crippen LogP contribution in [0.4, 0.5) is 0 Å². The molecule has 2 heterocycles. The van der Waals surface area contributed by atoms with Crippen molar-refractivity contribution >= 4 is 26.9 Å². The number of rotatable bonds is 5. The number of carbonyl (C=O) groups is 1. The summed E-state index contributed by atoms with van der Waals surface area (Å²) in [5.41, 5.74) is 0.865. The van der Waals surface area contributed by atoms with Crippen LogP contribution in [-0.2, 0) is 19.5 Å². The zero-order valence-electron chi connectivity index (χ0n) is 17.7. The molecule has 1 N–H and O–H groups in total. The Morgan fingerprint density at radius 2 is 1.91 bits per heavy atom. The fourth-order valence-corrected chi connectivity index (χ4v) is 4.93. The van der Waals surface area contributed by atoms with Crippen LogP contribution in [0.3, 0.4) is 0 Å². The molecule has 10 heteroatoms. The topological polar surface area (TPSA) is 119 Å². The summed E-state index contributed by atoms with van der Waals surface area (Å²) in [6.45, 7) is 4.46. The minimum absolute atomic E-state index is 0.0156. The molecular formula is C22H23N3O6S. The van der Waals surface area contributed by atoms with E-state index in [2.05, 4.69) is 9.97 Å². The summed E-state index contributed by atoms with van der Waals surface area (Å²) in [7, 11) is -3.76. The van der Waals surface area contributed by atoms with Crippen LogP contribution in [-0.4, -0.2) is 55.0 Å². The van der Waals surface area contributed by atoms with Crippen LogP contribution in [0, 0.1) is 6.92 Å². The summed E-state index contributed by atoms with van der Waals surface area (Å²) in [6.07, 6.45) is -0.848. The molecule has 0 spiro atoms. The fraction of sp³-hybridized carbons (Fsp3) is 0.318. The molecule has 0 amide bonds. The van der Waals surface area contributed by atoms with Gasteiger partial charge in [0.05, 0.1) is 34.6 Å². The highest BCUT2D eigenvalue weighted by Crippen LogP contribution is 2.23. The number of carbonyl (C=O) groups excluding carboxylic acids is 1. The van der Waals surface area contributed by atoms with E-state index in [1.165, 1.54) is 16.4 Å². The number of para-hydroxylation sites is 1. The number of H-pyrrole nitrogens is 1. The molecule has 0 bridgehead atoms. The van der Waals surface area contributed by atoms with Gasteiger partial charge in [-0.15, -0.1) is 0 Å². The number of nitrogens with one attached hydrogen (secondary N) is 1. The molecule has 1 aliphatic rings. The Balaban J connectivity index is 1.59. The first-order valence-corrected chi connectivity index (χ1v) is 11.6. The normalized spacial score (nSPS) is 16.1. The molecule has 1 fully saturated rings. The highest BCUT2D eigenvalue weighted by Gasteiger charge is 2.28. The Bertz CT molecular complexity index is 1330. The number of fused-ring (bicyclic) bond motifs is 1. The largest absolute Gasteiger partial charge is 0.451 e. The number of ether oxygens (including phenoxy) is 2. The van der Waals surface area contributed by atoms with E-state index in [0.717, 1.165) is 0 Å². The zero-order valence-corrected chi connectivity index (χ0v) is 18.5. The second-order valence-corrected chi connectivity index (χ2v) is 9.45. The molecule has 0 radical (unpaired) electrons. The van der Waals surface area contributed by atoms with Gasteiger partial charge in [0.1, 0.15) is 0 Å². The molecule has 9 nitrogen and oxygen atoms in total. The number of aromatic nitrogens is 2. The Morgan fingerprint density at radius 3 is 2.66 bits per heavy atom. The minimum atomic E-state index is -3.76. The number of nitrogens with zero attached hydrogens (tertiary/aromatic N) is 2. The first-order chi connectivity index (χ1) is 15.3. The molecule has 1 atom stereocenters. The van der Waals surface area contributed by atoms with Crippen LogP contribution < -0.4 is 5.56 Å². The van der Waals surface area contributed by atoms with E-state index in [1.54, 1.807) is 44.2 Å². The van der Waals surface area contributed by atoms with Gasteiger partial charge in [-0.3, -0.25) is 4.79 Å². The predicted octanol–water partition coefficient (Wildman–Crippen LogP) is 2.17. The summed E-state index contributed by atoms with van der Waals surface area (Å²) >= 11 is 0. The maximum absolute atomic E-state index is 12.9. The van der Waals surface area contributed by atoms with Gasteiger partial charge in [0.15, 0.2) is 11.9 Å². The standard InChI is InChI=1S/C22H23N3O6S/c1-14-7-8-16(32(28,29)25-9-11-30-12-10-25)13-18(14)22(27)31-15(2)20-23-19-6-4-3-5-17(19)21(26)24-20/h3-8,13,15H,9-12H2,1-2H3,(H,23,24,26). The number of benzene rings is 2. The van der Waals surface area contributed by atoms with E-state index in [4.69, 9.17) is 9.47 Å². The average Bonchev–Trinajstić information content (AvgIpc) is 2.79. The van der Waals surface area contributed by atoms with Gasteiger partial charge in [-0.05, 0) is 43.7 Å². The fourth-order valence-electron chi connectivity index (χ4n) is 3.49. The van der Waals surface area contributed by atoms with E-state index in [0.29, 0.717) is 29.7 Å². The first kappa shape index (κ1) is 22.1. The highest BCUT2D eigenvalue weighted by atomic mass is 32.2. The quantitative estimate of drug-likeness (QED) is 0.583. The summed E-state index contributed by atoms with van der Waals surface area (Å²) in [4.78, 5) is 32.2. The van der Waals surface area contributed by atoms with Crippen LogP contribution in [0.15, 0.2) is 52.2 Å².